The average molecular weight is 377 g/mol. The van der Waals surface area contributed by atoms with Crippen LogP contribution in [0.3, 0.4) is 0 Å². The summed E-state index contributed by atoms with van der Waals surface area (Å²) in [5.74, 6) is -0.215. The molecule has 23 heavy (non-hydrogen) atoms. The van der Waals surface area contributed by atoms with Crippen molar-refractivity contribution >= 4 is 27.7 Å². The predicted molar refractivity (Wildman–Crippen MR) is 91.2 cm³/mol. The number of rotatable bonds is 4. The van der Waals surface area contributed by atoms with Crippen LogP contribution in [0.1, 0.15) is 21.5 Å². The van der Waals surface area contributed by atoms with Crippen molar-refractivity contribution in [3.8, 4) is 5.75 Å². The number of hydrogen-bond acceptors (Lipinski definition) is 3. The highest BCUT2D eigenvalue weighted by atomic mass is 79.9. The van der Waals surface area contributed by atoms with Gasteiger partial charge in [0, 0.05) is 10.0 Å². The van der Waals surface area contributed by atoms with Gasteiger partial charge in [0.2, 0.25) is 0 Å². The Balaban J connectivity index is 1.81. The van der Waals surface area contributed by atoms with Crippen LogP contribution in [-0.2, 0) is 4.79 Å². The zero-order valence-corrected chi connectivity index (χ0v) is 14.4. The van der Waals surface area contributed by atoms with Gasteiger partial charge in [0.05, 0.1) is 0 Å². The van der Waals surface area contributed by atoms with Gasteiger partial charge in [-0.3, -0.25) is 20.4 Å². The van der Waals surface area contributed by atoms with Crippen molar-refractivity contribution in [3.05, 3.63) is 63.6 Å². The molecule has 0 aromatic heterocycles. The molecule has 2 aromatic rings. The highest BCUT2D eigenvalue weighted by molar-refractivity contribution is 9.10. The number of ether oxygens (including phenoxy) is 1. The molecule has 0 aliphatic rings. The Morgan fingerprint density at radius 2 is 1.74 bits per heavy atom. The summed E-state index contributed by atoms with van der Waals surface area (Å²) in [5.41, 5.74) is 7.11. The molecule has 0 aliphatic carbocycles. The van der Waals surface area contributed by atoms with Gasteiger partial charge in [0.25, 0.3) is 11.8 Å². The third-order valence-corrected chi connectivity index (χ3v) is 3.63. The van der Waals surface area contributed by atoms with E-state index in [2.05, 4.69) is 26.8 Å². The van der Waals surface area contributed by atoms with E-state index in [4.69, 9.17) is 4.74 Å². The van der Waals surface area contributed by atoms with Gasteiger partial charge < -0.3 is 4.74 Å². The molecule has 6 heteroatoms. The third kappa shape index (κ3) is 5.10. The van der Waals surface area contributed by atoms with Crippen LogP contribution < -0.4 is 15.6 Å². The van der Waals surface area contributed by atoms with Gasteiger partial charge in [0.15, 0.2) is 6.61 Å². The normalized spacial score (nSPS) is 10.0. The Morgan fingerprint density at radius 3 is 2.39 bits per heavy atom. The molecule has 0 saturated heterocycles. The molecule has 0 bridgehead atoms. The van der Waals surface area contributed by atoms with Crippen LogP contribution in [0.15, 0.2) is 46.9 Å². The van der Waals surface area contributed by atoms with Crippen LogP contribution >= 0.6 is 15.9 Å². The van der Waals surface area contributed by atoms with Gasteiger partial charge in [-0.25, -0.2) is 0 Å². The van der Waals surface area contributed by atoms with Crippen molar-refractivity contribution in [2.75, 3.05) is 6.61 Å². The third-order valence-electron chi connectivity index (χ3n) is 3.14. The monoisotopic (exact) mass is 376 g/mol. The van der Waals surface area contributed by atoms with E-state index >= 15 is 0 Å². The minimum absolute atomic E-state index is 0.178. The lowest BCUT2D eigenvalue weighted by Gasteiger charge is -2.10. The zero-order chi connectivity index (χ0) is 16.8. The average Bonchev–Trinajstić information content (AvgIpc) is 2.52. The molecule has 2 aromatic carbocycles. The minimum Gasteiger partial charge on any atom is -0.484 e. The molecule has 2 rings (SSSR count). The number of aryl methyl sites for hydroxylation is 2. The van der Waals surface area contributed by atoms with E-state index in [-0.39, 0.29) is 12.5 Å². The van der Waals surface area contributed by atoms with Crippen molar-refractivity contribution in [1.29, 1.82) is 0 Å². The summed E-state index contributed by atoms with van der Waals surface area (Å²) < 4.78 is 6.22. The number of carbonyl (C=O) groups excluding carboxylic acids is 2. The number of benzene rings is 2. The number of hydrogen-bond donors (Lipinski definition) is 2. The van der Waals surface area contributed by atoms with Crippen molar-refractivity contribution in [1.82, 2.24) is 10.9 Å². The van der Waals surface area contributed by atoms with Gasteiger partial charge in [-0.2, -0.15) is 0 Å². The fourth-order valence-electron chi connectivity index (χ4n) is 1.90. The van der Waals surface area contributed by atoms with E-state index in [0.29, 0.717) is 11.3 Å². The van der Waals surface area contributed by atoms with Gasteiger partial charge in [-0.05, 0) is 49.7 Å². The summed E-state index contributed by atoms with van der Waals surface area (Å²) in [6.45, 7) is 3.61. The molecule has 5 nitrogen and oxygen atoms in total. The molecule has 2 amide bonds. The summed E-state index contributed by atoms with van der Waals surface area (Å²) in [5, 5.41) is 0. The highest BCUT2D eigenvalue weighted by Gasteiger charge is 2.10. The van der Waals surface area contributed by atoms with Gasteiger partial charge in [-0.15, -0.1) is 0 Å². The molecule has 0 aliphatic heterocycles. The van der Waals surface area contributed by atoms with Crippen molar-refractivity contribution in [2.45, 2.75) is 13.8 Å². The Morgan fingerprint density at radius 1 is 1.04 bits per heavy atom. The van der Waals surface area contributed by atoms with Crippen molar-refractivity contribution < 1.29 is 14.3 Å². The second kappa shape index (κ2) is 7.78. The summed E-state index contributed by atoms with van der Waals surface area (Å²) in [6, 6.07) is 12.6. The molecule has 2 N–H and O–H groups in total. The Labute approximate surface area is 143 Å². The van der Waals surface area contributed by atoms with E-state index in [9.17, 15) is 9.59 Å². The first-order valence-electron chi connectivity index (χ1n) is 7.00. The first kappa shape index (κ1) is 17.0. The molecule has 0 atom stereocenters. The molecule has 0 radical (unpaired) electrons. The summed E-state index contributed by atoms with van der Waals surface area (Å²) in [6.07, 6.45) is 0. The highest BCUT2D eigenvalue weighted by Crippen LogP contribution is 2.15. The zero-order valence-electron chi connectivity index (χ0n) is 12.9. The van der Waals surface area contributed by atoms with Crippen molar-refractivity contribution in [3.63, 3.8) is 0 Å². The molecule has 120 valence electrons. The maximum absolute atomic E-state index is 12.0. The number of amides is 2. The first-order chi connectivity index (χ1) is 11.0. The molecule has 0 unspecified atom stereocenters. The van der Waals surface area contributed by atoms with E-state index in [1.807, 2.05) is 32.0 Å². The topological polar surface area (TPSA) is 67.4 Å². The smallest absolute Gasteiger partial charge is 0.276 e. The van der Waals surface area contributed by atoms with Gasteiger partial charge >= 0.3 is 0 Å². The molecular formula is C17H17BrN2O3. The van der Waals surface area contributed by atoms with E-state index < -0.39 is 5.91 Å². The van der Waals surface area contributed by atoms with Crippen LogP contribution in [0.2, 0.25) is 0 Å². The fourth-order valence-corrected chi connectivity index (χ4v) is 2.37. The fraction of sp³-hybridized carbons (Fsp3) is 0.176. The Bertz CT molecular complexity index is 714. The lowest BCUT2D eigenvalue weighted by molar-refractivity contribution is -0.123. The molecule has 0 fully saturated rings. The Kier molecular flexibility index (Phi) is 5.76. The van der Waals surface area contributed by atoms with Crippen LogP contribution in [0, 0.1) is 13.8 Å². The van der Waals surface area contributed by atoms with Crippen LogP contribution in [0.4, 0.5) is 0 Å². The summed E-state index contributed by atoms with van der Waals surface area (Å²) >= 11 is 3.34. The minimum atomic E-state index is -0.436. The quantitative estimate of drug-likeness (QED) is 0.806. The molecule has 0 saturated carbocycles. The first-order valence-corrected chi connectivity index (χ1v) is 7.80. The molecular weight excluding hydrogens is 360 g/mol. The summed E-state index contributed by atoms with van der Waals surface area (Å²) in [7, 11) is 0. The SMILES string of the molecule is Cc1ccc(OCC(=O)NNC(=O)c2ccc(Br)cc2C)cc1. The molecule has 0 spiro atoms. The van der Waals surface area contributed by atoms with Crippen molar-refractivity contribution in [2.24, 2.45) is 0 Å². The van der Waals surface area contributed by atoms with E-state index in [0.717, 1.165) is 15.6 Å². The maximum atomic E-state index is 12.0. The Hall–Kier alpha value is -2.34. The van der Waals surface area contributed by atoms with Crippen LogP contribution in [0.5, 0.6) is 5.75 Å². The largest absolute Gasteiger partial charge is 0.484 e. The predicted octanol–water partition coefficient (Wildman–Crippen LogP) is 2.91. The number of carbonyl (C=O) groups is 2. The van der Waals surface area contributed by atoms with E-state index in [1.54, 1.807) is 24.3 Å². The lowest BCUT2D eigenvalue weighted by atomic mass is 10.1. The maximum Gasteiger partial charge on any atom is 0.276 e. The number of halogens is 1. The van der Waals surface area contributed by atoms with Crippen LogP contribution in [0.25, 0.3) is 0 Å². The van der Waals surface area contributed by atoms with E-state index in [1.165, 1.54) is 0 Å². The standard InChI is InChI=1S/C17H17BrN2O3/c1-11-3-6-14(7-4-11)23-10-16(21)19-20-17(22)15-8-5-13(18)9-12(15)2/h3-9H,10H2,1-2H3,(H,19,21)(H,20,22). The lowest BCUT2D eigenvalue weighted by Crippen LogP contribution is -2.44. The van der Waals surface area contributed by atoms with Gasteiger partial charge in [0.1, 0.15) is 5.75 Å². The number of nitrogens with one attached hydrogen (secondary N) is 2. The number of hydrazine groups is 1. The van der Waals surface area contributed by atoms with Gasteiger partial charge in [-0.1, -0.05) is 33.6 Å². The second-order valence-corrected chi connectivity index (χ2v) is 5.98. The second-order valence-electron chi connectivity index (χ2n) is 5.06. The summed E-state index contributed by atoms with van der Waals surface area (Å²) in [4.78, 5) is 23.7. The molecule has 0 heterocycles. The van der Waals surface area contributed by atoms with Crippen LogP contribution in [-0.4, -0.2) is 18.4 Å².